The summed E-state index contributed by atoms with van der Waals surface area (Å²) in [6.45, 7) is 3.14. The average Bonchev–Trinajstić information content (AvgIpc) is 2.85. The summed E-state index contributed by atoms with van der Waals surface area (Å²) >= 11 is 11.7. The first-order chi connectivity index (χ1) is 6.66. The Balaban J connectivity index is 1.92. The van der Waals surface area contributed by atoms with E-state index in [2.05, 4.69) is 12.2 Å². The van der Waals surface area contributed by atoms with E-state index in [9.17, 15) is 0 Å². The summed E-state index contributed by atoms with van der Waals surface area (Å²) < 4.78 is 0. The van der Waals surface area contributed by atoms with Crippen molar-refractivity contribution in [1.82, 2.24) is 5.32 Å². The molecule has 0 spiro atoms. The van der Waals surface area contributed by atoms with Crippen LogP contribution in [0.25, 0.3) is 0 Å². The van der Waals surface area contributed by atoms with Crippen molar-refractivity contribution in [3.05, 3.63) is 33.8 Å². The highest BCUT2D eigenvalue weighted by atomic mass is 35.5. The lowest BCUT2D eigenvalue weighted by Crippen LogP contribution is -2.16. The van der Waals surface area contributed by atoms with Crippen molar-refractivity contribution in [1.29, 1.82) is 0 Å². The Morgan fingerprint density at radius 2 is 2.07 bits per heavy atom. The number of benzene rings is 1. The molecular formula is C11H13Cl2N. The van der Waals surface area contributed by atoms with Crippen molar-refractivity contribution in [2.75, 3.05) is 0 Å². The van der Waals surface area contributed by atoms with Gasteiger partial charge in [-0.2, -0.15) is 0 Å². The molecule has 0 saturated heterocycles. The van der Waals surface area contributed by atoms with Gasteiger partial charge < -0.3 is 5.32 Å². The van der Waals surface area contributed by atoms with E-state index in [0.29, 0.717) is 16.1 Å². The van der Waals surface area contributed by atoms with Crippen molar-refractivity contribution in [3.63, 3.8) is 0 Å². The molecule has 3 heteroatoms. The van der Waals surface area contributed by atoms with Crippen LogP contribution in [0, 0.1) is 5.92 Å². The molecule has 0 heterocycles. The molecular weight excluding hydrogens is 217 g/mol. The topological polar surface area (TPSA) is 12.0 Å². The average molecular weight is 230 g/mol. The lowest BCUT2D eigenvalue weighted by Gasteiger charge is -2.04. The summed E-state index contributed by atoms with van der Waals surface area (Å²) in [6, 6.07) is 6.47. The van der Waals surface area contributed by atoms with Gasteiger partial charge in [0.15, 0.2) is 0 Å². The minimum Gasteiger partial charge on any atom is -0.310 e. The Bertz CT molecular complexity index is 338. The van der Waals surface area contributed by atoms with Gasteiger partial charge in [-0.3, -0.25) is 0 Å². The van der Waals surface area contributed by atoms with Gasteiger partial charge in [-0.15, -0.1) is 0 Å². The maximum absolute atomic E-state index is 5.91. The number of hydrogen-bond donors (Lipinski definition) is 1. The van der Waals surface area contributed by atoms with Crippen LogP contribution in [0.2, 0.25) is 10.0 Å². The zero-order valence-electron chi connectivity index (χ0n) is 8.06. The van der Waals surface area contributed by atoms with Crippen molar-refractivity contribution in [3.8, 4) is 0 Å². The summed E-state index contributed by atoms with van der Waals surface area (Å²) in [5.74, 6) is 0.831. The van der Waals surface area contributed by atoms with Crippen LogP contribution in [-0.2, 0) is 6.54 Å². The zero-order valence-corrected chi connectivity index (χ0v) is 9.57. The van der Waals surface area contributed by atoms with Gasteiger partial charge in [-0.05, 0) is 30.0 Å². The fraction of sp³-hybridized carbons (Fsp3) is 0.455. The van der Waals surface area contributed by atoms with Crippen LogP contribution >= 0.6 is 23.2 Å². The molecule has 0 bridgehead atoms. The van der Waals surface area contributed by atoms with Gasteiger partial charge in [0.1, 0.15) is 0 Å². The minimum absolute atomic E-state index is 0.621. The van der Waals surface area contributed by atoms with Gasteiger partial charge >= 0.3 is 0 Å². The van der Waals surface area contributed by atoms with Gasteiger partial charge in [0.2, 0.25) is 0 Å². The molecule has 1 nitrogen and oxygen atoms in total. The Morgan fingerprint density at radius 1 is 1.36 bits per heavy atom. The number of hydrogen-bond acceptors (Lipinski definition) is 1. The molecule has 0 aliphatic heterocycles. The second-order valence-corrected chi connectivity index (χ2v) is 4.76. The standard InChI is InChI=1S/C11H13Cl2N/c1-7-4-11(7)14-6-8-2-3-9(12)10(13)5-8/h2-3,5,7,11,14H,4,6H2,1H3/t7-,11-/m1/s1. The maximum Gasteiger partial charge on any atom is 0.0595 e. The number of rotatable bonds is 3. The molecule has 0 unspecified atom stereocenters. The molecule has 1 aliphatic carbocycles. The monoisotopic (exact) mass is 229 g/mol. The van der Waals surface area contributed by atoms with Crippen LogP contribution in [0.15, 0.2) is 18.2 Å². The summed E-state index contributed by atoms with van der Waals surface area (Å²) in [6.07, 6.45) is 1.29. The van der Waals surface area contributed by atoms with Crippen LogP contribution in [0.1, 0.15) is 18.9 Å². The van der Waals surface area contributed by atoms with Crippen LogP contribution in [0.5, 0.6) is 0 Å². The molecule has 1 N–H and O–H groups in total. The molecule has 1 aromatic rings. The van der Waals surface area contributed by atoms with Crippen molar-refractivity contribution in [2.24, 2.45) is 5.92 Å². The molecule has 2 rings (SSSR count). The van der Waals surface area contributed by atoms with Crippen LogP contribution in [-0.4, -0.2) is 6.04 Å². The van der Waals surface area contributed by atoms with Crippen LogP contribution < -0.4 is 5.32 Å². The first-order valence-corrected chi connectivity index (χ1v) is 5.59. The molecule has 0 radical (unpaired) electrons. The van der Waals surface area contributed by atoms with E-state index in [4.69, 9.17) is 23.2 Å². The van der Waals surface area contributed by atoms with E-state index in [1.807, 2.05) is 18.2 Å². The normalized spacial score (nSPS) is 25.1. The van der Waals surface area contributed by atoms with Crippen LogP contribution in [0.4, 0.5) is 0 Å². The first kappa shape index (κ1) is 10.3. The smallest absolute Gasteiger partial charge is 0.0595 e. The van der Waals surface area contributed by atoms with Crippen molar-refractivity contribution >= 4 is 23.2 Å². The third-order valence-electron chi connectivity index (χ3n) is 2.66. The molecule has 1 aliphatic rings. The molecule has 14 heavy (non-hydrogen) atoms. The molecule has 1 saturated carbocycles. The molecule has 0 aromatic heterocycles. The van der Waals surface area contributed by atoms with Crippen molar-refractivity contribution < 1.29 is 0 Å². The third-order valence-corrected chi connectivity index (χ3v) is 3.40. The lowest BCUT2D eigenvalue weighted by atomic mass is 10.2. The van der Waals surface area contributed by atoms with E-state index in [1.54, 1.807) is 0 Å². The Hall–Kier alpha value is -0.240. The van der Waals surface area contributed by atoms with E-state index < -0.39 is 0 Å². The number of halogens is 2. The van der Waals surface area contributed by atoms with E-state index in [0.717, 1.165) is 12.5 Å². The fourth-order valence-corrected chi connectivity index (χ4v) is 1.83. The van der Waals surface area contributed by atoms with Gasteiger partial charge in [-0.1, -0.05) is 36.2 Å². The van der Waals surface area contributed by atoms with E-state index in [-0.39, 0.29) is 0 Å². The molecule has 1 fully saturated rings. The Kier molecular flexibility index (Phi) is 3.01. The quantitative estimate of drug-likeness (QED) is 0.837. The van der Waals surface area contributed by atoms with E-state index in [1.165, 1.54) is 12.0 Å². The highest BCUT2D eigenvalue weighted by Crippen LogP contribution is 2.29. The first-order valence-electron chi connectivity index (χ1n) is 4.84. The largest absolute Gasteiger partial charge is 0.310 e. The summed E-state index contributed by atoms with van der Waals surface area (Å²) in [4.78, 5) is 0. The molecule has 0 amide bonds. The summed E-state index contributed by atoms with van der Waals surface area (Å²) in [5.41, 5.74) is 1.19. The Morgan fingerprint density at radius 3 is 2.64 bits per heavy atom. The second kappa shape index (κ2) is 4.09. The van der Waals surface area contributed by atoms with Crippen LogP contribution in [0.3, 0.4) is 0 Å². The second-order valence-electron chi connectivity index (χ2n) is 3.95. The van der Waals surface area contributed by atoms with E-state index >= 15 is 0 Å². The Labute approximate surface area is 94.4 Å². The van der Waals surface area contributed by atoms with Gasteiger partial charge in [-0.25, -0.2) is 0 Å². The van der Waals surface area contributed by atoms with Gasteiger partial charge in [0, 0.05) is 12.6 Å². The zero-order chi connectivity index (χ0) is 10.1. The van der Waals surface area contributed by atoms with Crippen molar-refractivity contribution in [2.45, 2.75) is 25.9 Å². The maximum atomic E-state index is 5.91. The molecule has 2 atom stereocenters. The summed E-state index contributed by atoms with van der Waals surface area (Å²) in [7, 11) is 0. The third kappa shape index (κ3) is 2.41. The predicted octanol–water partition coefficient (Wildman–Crippen LogP) is 3.49. The predicted molar refractivity (Wildman–Crippen MR) is 60.9 cm³/mol. The highest BCUT2D eigenvalue weighted by molar-refractivity contribution is 6.42. The minimum atomic E-state index is 0.621. The molecule has 1 aromatic carbocycles. The highest BCUT2D eigenvalue weighted by Gasteiger charge is 2.31. The van der Waals surface area contributed by atoms with Gasteiger partial charge in [0.25, 0.3) is 0 Å². The SMILES string of the molecule is C[C@@H]1C[C@H]1NCc1ccc(Cl)c(Cl)c1. The fourth-order valence-electron chi connectivity index (χ4n) is 1.51. The summed E-state index contributed by atoms with van der Waals surface area (Å²) in [5, 5.41) is 4.72. The lowest BCUT2D eigenvalue weighted by molar-refractivity contribution is 0.652. The van der Waals surface area contributed by atoms with Gasteiger partial charge in [0.05, 0.1) is 10.0 Å². The number of nitrogens with one attached hydrogen (secondary N) is 1. The molecule has 76 valence electrons.